The maximum atomic E-state index is 10.5. The Bertz CT molecular complexity index is 439. The van der Waals surface area contributed by atoms with Crippen LogP contribution < -0.4 is 0 Å². The molecule has 2 N–H and O–H groups in total. The lowest BCUT2D eigenvalue weighted by Gasteiger charge is -2.54. The van der Waals surface area contributed by atoms with Crippen LogP contribution in [0.25, 0.3) is 0 Å². The molecule has 0 spiro atoms. The van der Waals surface area contributed by atoms with Gasteiger partial charge in [0.2, 0.25) is 0 Å². The first-order valence-corrected chi connectivity index (χ1v) is 8.65. The highest BCUT2D eigenvalue weighted by molar-refractivity contribution is 5.21. The van der Waals surface area contributed by atoms with Crippen LogP contribution in [-0.2, 0) is 0 Å². The summed E-state index contributed by atoms with van der Waals surface area (Å²) in [4.78, 5) is 0. The number of allylic oxidation sites excluding steroid dienone is 1. The van der Waals surface area contributed by atoms with Crippen LogP contribution in [0.3, 0.4) is 0 Å². The summed E-state index contributed by atoms with van der Waals surface area (Å²) in [6, 6.07) is 0. The Kier molecular flexibility index (Phi) is 2.89. The predicted molar refractivity (Wildman–Crippen MR) is 78.9 cm³/mol. The molecule has 4 aliphatic rings. The Hall–Kier alpha value is -0.340. The van der Waals surface area contributed by atoms with Gasteiger partial charge < -0.3 is 10.2 Å². The molecule has 0 amide bonds. The van der Waals surface area contributed by atoms with Crippen molar-refractivity contribution in [1.82, 2.24) is 0 Å². The fourth-order valence-corrected chi connectivity index (χ4v) is 6.36. The smallest absolute Gasteiger partial charge is 0.169 e. The van der Waals surface area contributed by atoms with E-state index in [2.05, 4.69) is 13.0 Å². The van der Waals surface area contributed by atoms with Gasteiger partial charge in [-0.05, 0) is 68.1 Å². The Labute approximate surface area is 122 Å². The van der Waals surface area contributed by atoms with Crippen molar-refractivity contribution in [2.24, 2.45) is 29.1 Å². The Morgan fingerprint density at radius 1 is 1.05 bits per heavy atom. The highest BCUT2D eigenvalue weighted by atomic mass is 16.5. The van der Waals surface area contributed by atoms with Crippen molar-refractivity contribution in [2.45, 2.75) is 70.5 Å². The van der Waals surface area contributed by atoms with Gasteiger partial charge in [-0.3, -0.25) is 0 Å². The predicted octanol–water partition coefficient (Wildman–Crippen LogP) is 3.63. The average molecular weight is 276 g/mol. The second-order valence-corrected chi connectivity index (χ2v) is 8.24. The zero-order valence-electron chi connectivity index (χ0n) is 12.6. The van der Waals surface area contributed by atoms with E-state index in [0.717, 1.165) is 18.8 Å². The van der Waals surface area contributed by atoms with Gasteiger partial charge >= 0.3 is 0 Å². The number of aliphatic hydroxyl groups is 2. The summed E-state index contributed by atoms with van der Waals surface area (Å²) in [6.07, 6.45) is 12.9. The molecule has 0 aromatic carbocycles. The van der Waals surface area contributed by atoms with Crippen LogP contribution in [0.2, 0.25) is 0 Å². The third kappa shape index (κ3) is 1.77. The zero-order valence-corrected chi connectivity index (χ0v) is 12.6. The highest BCUT2D eigenvalue weighted by Crippen LogP contribution is 2.62. The molecule has 2 heteroatoms. The number of hydrogen-bond donors (Lipinski definition) is 2. The van der Waals surface area contributed by atoms with Crippen LogP contribution in [0.1, 0.15) is 64.7 Å². The largest absolute Gasteiger partial charge is 0.365 e. The fourth-order valence-electron chi connectivity index (χ4n) is 6.36. The molecule has 2 nitrogen and oxygen atoms in total. The SMILES string of the molecule is C[C@@]12CCC[C@H]1[C@@H]1CC=C3CCCC(O)(O)[C@@H]3[C@H]1CC2. The monoisotopic (exact) mass is 276 g/mol. The maximum Gasteiger partial charge on any atom is 0.169 e. The average Bonchev–Trinajstić information content (AvgIpc) is 2.79. The van der Waals surface area contributed by atoms with Crippen LogP contribution in [0, 0.1) is 29.1 Å². The summed E-state index contributed by atoms with van der Waals surface area (Å²) in [5.74, 6) is 0.680. The van der Waals surface area contributed by atoms with E-state index >= 15 is 0 Å². The standard InChI is InChI=1S/C18H28O2/c1-17-9-3-5-15(17)13-7-6-12-4-2-10-18(19,20)16(12)14(13)8-11-17/h6,13-16,19-20H,2-5,7-11H2,1H3/t13-,14+,15+,16+,17+/m1/s1. The quantitative estimate of drug-likeness (QED) is 0.524. The molecule has 0 heterocycles. The normalized spacial score (nSPS) is 49.9. The number of fused-ring (bicyclic) bond motifs is 5. The van der Waals surface area contributed by atoms with E-state index in [0.29, 0.717) is 23.7 Å². The molecule has 3 fully saturated rings. The fraction of sp³-hybridized carbons (Fsp3) is 0.889. The van der Waals surface area contributed by atoms with Gasteiger partial charge in [-0.25, -0.2) is 0 Å². The van der Waals surface area contributed by atoms with Crippen LogP contribution >= 0.6 is 0 Å². The molecule has 0 aromatic heterocycles. The van der Waals surface area contributed by atoms with E-state index in [1.54, 1.807) is 0 Å². The van der Waals surface area contributed by atoms with Crippen molar-refractivity contribution < 1.29 is 10.2 Å². The van der Waals surface area contributed by atoms with Crippen molar-refractivity contribution in [3.63, 3.8) is 0 Å². The Morgan fingerprint density at radius 3 is 2.75 bits per heavy atom. The molecule has 0 bridgehead atoms. The molecule has 0 saturated heterocycles. The lowest BCUT2D eigenvalue weighted by Crippen LogP contribution is -2.52. The van der Waals surface area contributed by atoms with E-state index in [9.17, 15) is 10.2 Å². The van der Waals surface area contributed by atoms with E-state index in [-0.39, 0.29) is 5.92 Å². The minimum atomic E-state index is -1.43. The van der Waals surface area contributed by atoms with Gasteiger partial charge in [-0.1, -0.05) is 25.0 Å². The van der Waals surface area contributed by atoms with Crippen molar-refractivity contribution in [2.75, 3.05) is 0 Å². The molecular weight excluding hydrogens is 248 g/mol. The van der Waals surface area contributed by atoms with Crippen LogP contribution in [-0.4, -0.2) is 16.0 Å². The van der Waals surface area contributed by atoms with Gasteiger partial charge in [0.1, 0.15) is 0 Å². The van der Waals surface area contributed by atoms with Gasteiger partial charge in [-0.15, -0.1) is 0 Å². The van der Waals surface area contributed by atoms with Gasteiger partial charge in [-0.2, -0.15) is 0 Å². The maximum absolute atomic E-state index is 10.5. The second kappa shape index (κ2) is 4.33. The summed E-state index contributed by atoms with van der Waals surface area (Å²) < 4.78 is 0. The second-order valence-electron chi connectivity index (χ2n) is 8.24. The number of hydrogen-bond acceptors (Lipinski definition) is 2. The Balaban J connectivity index is 1.69. The Morgan fingerprint density at radius 2 is 1.90 bits per heavy atom. The van der Waals surface area contributed by atoms with Gasteiger partial charge in [0, 0.05) is 12.3 Å². The molecule has 4 rings (SSSR count). The third-order valence-corrected chi connectivity index (χ3v) is 7.26. The third-order valence-electron chi connectivity index (χ3n) is 7.26. The van der Waals surface area contributed by atoms with Crippen LogP contribution in [0.4, 0.5) is 0 Å². The van der Waals surface area contributed by atoms with Gasteiger partial charge in [0.05, 0.1) is 0 Å². The van der Waals surface area contributed by atoms with Gasteiger partial charge in [0.15, 0.2) is 5.79 Å². The molecule has 0 radical (unpaired) electrons. The van der Waals surface area contributed by atoms with Crippen molar-refractivity contribution in [3.8, 4) is 0 Å². The van der Waals surface area contributed by atoms with E-state index in [4.69, 9.17) is 0 Å². The lowest BCUT2D eigenvalue weighted by molar-refractivity contribution is -0.227. The summed E-state index contributed by atoms with van der Waals surface area (Å²) in [7, 11) is 0. The van der Waals surface area contributed by atoms with Gasteiger partial charge in [0.25, 0.3) is 0 Å². The molecule has 0 aliphatic heterocycles. The molecule has 5 atom stereocenters. The van der Waals surface area contributed by atoms with E-state index in [1.807, 2.05) is 0 Å². The lowest BCUT2D eigenvalue weighted by atomic mass is 9.52. The summed E-state index contributed by atoms with van der Waals surface area (Å²) in [6.45, 7) is 2.49. The summed E-state index contributed by atoms with van der Waals surface area (Å²) >= 11 is 0. The highest BCUT2D eigenvalue weighted by Gasteiger charge is 2.55. The molecular formula is C18H28O2. The first kappa shape index (κ1) is 13.3. The molecule has 4 aliphatic carbocycles. The van der Waals surface area contributed by atoms with Crippen LogP contribution in [0.5, 0.6) is 0 Å². The first-order valence-electron chi connectivity index (χ1n) is 8.65. The topological polar surface area (TPSA) is 40.5 Å². The van der Waals surface area contributed by atoms with Crippen molar-refractivity contribution in [3.05, 3.63) is 11.6 Å². The van der Waals surface area contributed by atoms with Crippen molar-refractivity contribution in [1.29, 1.82) is 0 Å². The molecule has 20 heavy (non-hydrogen) atoms. The minimum Gasteiger partial charge on any atom is -0.365 e. The van der Waals surface area contributed by atoms with Crippen LogP contribution in [0.15, 0.2) is 11.6 Å². The molecule has 3 saturated carbocycles. The molecule has 112 valence electrons. The van der Waals surface area contributed by atoms with E-state index in [1.165, 1.54) is 44.1 Å². The van der Waals surface area contributed by atoms with Crippen molar-refractivity contribution >= 4 is 0 Å². The molecule has 0 unspecified atom stereocenters. The molecule has 0 aromatic rings. The van der Waals surface area contributed by atoms with E-state index < -0.39 is 5.79 Å². The zero-order chi connectivity index (χ0) is 14.0. The summed E-state index contributed by atoms with van der Waals surface area (Å²) in [5.41, 5.74) is 1.92. The summed E-state index contributed by atoms with van der Waals surface area (Å²) in [5, 5.41) is 21.1. The minimum absolute atomic E-state index is 0.0418. The first-order chi connectivity index (χ1) is 9.51. The number of rotatable bonds is 0.